The van der Waals surface area contributed by atoms with E-state index >= 15 is 0 Å². The summed E-state index contributed by atoms with van der Waals surface area (Å²) in [4.78, 5) is 16.5. The van der Waals surface area contributed by atoms with Crippen LogP contribution in [0.25, 0.3) is 0 Å². The topological polar surface area (TPSA) is 23.6 Å². The van der Waals surface area contributed by atoms with Crippen LogP contribution in [0.3, 0.4) is 0 Å². The molecule has 0 saturated carbocycles. The second-order valence-electron chi connectivity index (χ2n) is 4.98. The Morgan fingerprint density at radius 2 is 2.19 bits per heavy atom. The molecule has 2 aliphatic rings. The van der Waals surface area contributed by atoms with E-state index in [1.165, 1.54) is 25.8 Å². The predicted molar refractivity (Wildman–Crippen MR) is 65.7 cm³/mol. The van der Waals surface area contributed by atoms with Gasteiger partial charge >= 0.3 is 0 Å². The average molecular weight is 245 g/mol. The van der Waals surface area contributed by atoms with Gasteiger partial charge in [0.05, 0.1) is 0 Å². The zero-order valence-electron chi connectivity index (χ0n) is 9.99. The molecule has 0 bridgehead atoms. The lowest BCUT2D eigenvalue weighted by atomic mass is 9.97. The van der Waals surface area contributed by atoms with Crippen LogP contribution in [-0.4, -0.2) is 53.3 Å². The van der Waals surface area contributed by atoms with Crippen LogP contribution in [0.5, 0.6) is 0 Å². The molecule has 2 unspecified atom stereocenters. The molecule has 2 saturated heterocycles. The van der Waals surface area contributed by atoms with E-state index in [2.05, 4.69) is 11.8 Å². The summed E-state index contributed by atoms with van der Waals surface area (Å²) in [5.41, 5.74) is 0. The largest absolute Gasteiger partial charge is 0.337 e. The van der Waals surface area contributed by atoms with Gasteiger partial charge < -0.3 is 4.90 Å². The van der Waals surface area contributed by atoms with E-state index in [1.807, 2.05) is 4.90 Å². The number of rotatable bonds is 2. The molecule has 0 aromatic heterocycles. The molecule has 1 amide bonds. The van der Waals surface area contributed by atoms with Gasteiger partial charge in [-0.2, -0.15) is 0 Å². The summed E-state index contributed by atoms with van der Waals surface area (Å²) in [7, 11) is 0. The fourth-order valence-electron chi connectivity index (χ4n) is 2.92. The summed E-state index contributed by atoms with van der Waals surface area (Å²) >= 11 is 5.64. The zero-order valence-corrected chi connectivity index (χ0v) is 10.7. The third kappa shape index (κ3) is 2.51. The Bertz CT molecular complexity index is 259. The molecular formula is C12H21ClN2O. The Morgan fingerprint density at radius 3 is 2.94 bits per heavy atom. The number of nitrogens with zero attached hydrogens (tertiary/aromatic N) is 2. The average Bonchev–Trinajstić information content (AvgIpc) is 2.28. The third-order valence-electron chi connectivity index (χ3n) is 3.82. The summed E-state index contributed by atoms with van der Waals surface area (Å²) in [6.07, 6.45) is 4.36. The summed E-state index contributed by atoms with van der Waals surface area (Å²) in [6.45, 7) is 5.32. The van der Waals surface area contributed by atoms with Crippen LogP contribution in [0.1, 0.15) is 32.6 Å². The quantitative estimate of drug-likeness (QED) is 0.691. The molecule has 0 spiro atoms. The lowest BCUT2D eigenvalue weighted by Gasteiger charge is -2.47. The zero-order chi connectivity index (χ0) is 11.5. The van der Waals surface area contributed by atoms with E-state index in [0.29, 0.717) is 24.4 Å². The van der Waals surface area contributed by atoms with Crippen LogP contribution < -0.4 is 0 Å². The number of hydrogen-bond acceptors (Lipinski definition) is 2. The molecule has 4 heteroatoms. The van der Waals surface area contributed by atoms with Gasteiger partial charge in [-0.1, -0.05) is 6.42 Å². The van der Waals surface area contributed by atoms with Crippen molar-refractivity contribution in [1.29, 1.82) is 0 Å². The third-order valence-corrected chi connectivity index (χ3v) is 4.00. The van der Waals surface area contributed by atoms with Gasteiger partial charge in [0.1, 0.15) is 0 Å². The summed E-state index contributed by atoms with van der Waals surface area (Å²) in [6, 6.07) is 0.953. The van der Waals surface area contributed by atoms with E-state index in [9.17, 15) is 4.79 Å². The maximum absolute atomic E-state index is 11.9. The van der Waals surface area contributed by atoms with Crippen molar-refractivity contribution in [3.8, 4) is 0 Å². The molecular weight excluding hydrogens is 224 g/mol. The van der Waals surface area contributed by atoms with Crippen LogP contribution in [0.4, 0.5) is 0 Å². The molecule has 2 aliphatic heterocycles. The second kappa shape index (κ2) is 5.37. The Hall–Kier alpha value is -0.280. The Morgan fingerprint density at radius 1 is 1.38 bits per heavy atom. The number of alkyl halides is 1. The first-order chi connectivity index (χ1) is 7.72. The Labute approximate surface area is 103 Å². The fraction of sp³-hybridized carbons (Fsp3) is 0.917. The van der Waals surface area contributed by atoms with Gasteiger partial charge in [0.2, 0.25) is 5.91 Å². The second-order valence-corrected chi connectivity index (χ2v) is 5.36. The van der Waals surface area contributed by atoms with Crippen molar-refractivity contribution in [2.75, 3.05) is 25.5 Å². The van der Waals surface area contributed by atoms with Gasteiger partial charge in [-0.05, 0) is 26.3 Å². The molecule has 0 radical (unpaired) electrons. The molecule has 92 valence electrons. The molecule has 2 fully saturated rings. The van der Waals surface area contributed by atoms with Crippen LogP contribution in [0.15, 0.2) is 0 Å². The highest BCUT2D eigenvalue weighted by Gasteiger charge is 2.34. The van der Waals surface area contributed by atoms with Crippen LogP contribution in [0, 0.1) is 0 Å². The van der Waals surface area contributed by atoms with Crippen molar-refractivity contribution >= 4 is 17.5 Å². The molecule has 0 aromatic rings. The van der Waals surface area contributed by atoms with Gasteiger partial charge in [0.15, 0.2) is 0 Å². The first-order valence-corrected chi connectivity index (χ1v) is 6.85. The number of amides is 1. The monoisotopic (exact) mass is 244 g/mol. The summed E-state index contributed by atoms with van der Waals surface area (Å²) in [5.74, 6) is 0.670. The van der Waals surface area contributed by atoms with E-state index in [-0.39, 0.29) is 5.91 Å². The Kier molecular flexibility index (Phi) is 4.09. The van der Waals surface area contributed by atoms with Gasteiger partial charge in [-0.15, -0.1) is 11.6 Å². The molecule has 3 nitrogen and oxygen atoms in total. The molecule has 2 heterocycles. The van der Waals surface area contributed by atoms with E-state index < -0.39 is 0 Å². The normalized spacial score (nSPS) is 31.2. The van der Waals surface area contributed by atoms with Crippen LogP contribution in [-0.2, 0) is 4.79 Å². The lowest BCUT2D eigenvalue weighted by molar-refractivity contribution is -0.137. The molecule has 0 N–H and O–H groups in total. The SMILES string of the molecule is CC1CN2CCCCC2CN1C(=O)CCCl. The van der Waals surface area contributed by atoms with Crippen LogP contribution in [0.2, 0.25) is 0 Å². The summed E-state index contributed by atoms with van der Waals surface area (Å²) in [5, 5.41) is 0. The number of piperazine rings is 1. The van der Waals surface area contributed by atoms with E-state index in [0.717, 1.165) is 13.1 Å². The highest BCUT2D eigenvalue weighted by atomic mass is 35.5. The van der Waals surface area contributed by atoms with Gasteiger partial charge in [-0.3, -0.25) is 9.69 Å². The molecule has 2 atom stereocenters. The first kappa shape index (κ1) is 12.2. The highest BCUT2D eigenvalue weighted by Crippen LogP contribution is 2.24. The van der Waals surface area contributed by atoms with E-state index in [4.69, 9.17) is 11.6 Å². The smallest absolute Gasteiger partial charge is 0.224 e. The van der Waals surface area contributed by atoms with Crippen molar-refractivity contribution < 1.29 is 4.79 Å². The number of piperidine rings is 1. The maximum Gasteiger partial charge on any atom is 0.224 e. The van der Waals surface area contributed by atoms with Gasteiger partial charge in [0, 0.05) is 37.5 Å². The predicted octanol–water partition coefficient (Wildman–Crippen LogP) is 1.70. The molecule has 2 rings (SSSR count). The minimum Gasteiger partial charge on any atom is -0.337 e. The van der Waals surface area contributed by atoms with Gasteiger partial charge in [0.25, 0.3) is 0 Å². The Balaban J connectivity index is 1.97. The number of carbonyl (C=O) groups is 1. The number of hydrogen-bond donors (Lipinski definition) is 0. The lowest BCUT2D eigenvalue weighted by Crippen LogP contribution is -2.60. The van der Waals surface area contributed by atoms with Crippen molar-refractivity contribution in [3.63, 3.8) is 0 Å². The van der Waals surface area contributed by atoms with E-state index in [1.54, 1.807) is 0 Å². The number of carbonyl (C=O) groups excluding carboxylic acids is 1. The molecule has 0 aromatic carbocycles. The van der Waals surface area contributed by atoms with Crippen molar-refractivity contribution in [2.45, 2.75) is 44.7 Å². The standard InChI is InChI=1S/C12H21ClN2O/c1-10-8-14-7-3-2-4-11(14)9-15(10)12(16)5-6-13/h10-11H,2-9H2,1H3. The fourth-order valence-corrected chi connectivity index (χ4v) is 3.09. The highest BCUT2D eigenvalue weighted by molar-refractivity contribution is 6.18. The maximum atomic E-state index is 11.9. The van der Waals surface area contributed by atoms with Gasteiger partial charge in [-0.25, -0.2) is 0 Å². The molecule has 0 aliphatic carbocycles. The molecule has 16 heavy (non-hydrogen) atoms. The first-order valence-electron chi connectivity index (χ1n) is 6.32. The summed E-state index contributed by atoms with van der Waals surface area (Å²) < 4.78 is 0. The minimum atomic E-state index is 0.229. The minimum absolute atomic E-state index is 0.229. The number of fused-ring (bicyclic) bond motifs is 1. The van der Waals surface area contributed by atoms with Crippen molar-refractivity contribution in [2.24, 2.45) is 0 Å². The van der Waals surface area contributed by atoms with Crippen molar-refractivity contribution in [3.05, 3.63) is 0 Å². The van der Waals surface area contributed by atoms with Crippen molar-refractivity contribution in [1.82, 2.24) is 9.80 Å². The number of halogens is 1. The van der Waals surface area contributed by atoms with Crippen LogP contribution >= 0.6 is 11.6 Å².